The normalized spacial score (nSPS) is 34.4. The monoisotopic (exact) mass is 330 g/mol. The van der Waals surface area contributed by atoms with Gasteiger partial charge in [-0.2, -0.15) is 0 Å². The standard InChI is InChI=1S/C19H26N2O3/c1-13-8-16(13)19(22)21-9-17-14(11-24-18(17)10-21)5-7-23-12-15-4-2-3-6-20-15/h2-4,6,13-14,16-18H,5,7-12H2,1H3/t13-,14-,16-,17-,18-/m0/s1. The van der Waals surface area contributed by atoms with Crippen molar-refractivity contribution in [1.29, 1.82) is 0 Å². The Kier molecular flexibility index (Phi) is 4.55. The first-order chi connectivity index (χ1) is 11.7. The maximum Gasteiger partial charge on any atom is 0.226 e. The van der Waals surface area contributed by atoms with Crippen molar-refractivity contribution in [2.24, 2.45) is 23.7 Å². The summed E-state index contributed by atoms with van der Waals surface area (Å²) in [5, 5.41) is 0. The van der Waals surface area contributed by atoms with E-state index < -0.39 is 0 Å². The molecule has 2 saturated heterocycles. The van der Waals surface area contributed by atoms with E-state index in [0.717, 1.165) is 44.8 Å². The fourth-order valence-electron chi connectivity index (χ4n) is 4.07. The summed E-state index contributed by atoms with van der Waals surface area (Å²) in [6.45, 7) is 5.92. The third-order valence-corrected chi connectivity index (χ3v) is 5.79. The third-order valence-electron chi connectivity index (χ3n) is 5.79. The molecule has 0 unspecified atom stereocenters. The maximum atomic E-state index is 12.4. The van der Waals surface area contributed by atoms with Crippen molar-refractivity contribution in [1.82, 2.24) is 9.88 Å². The van der Waals surface area contributed by atoms with E-state index in [0.29, 0.717) is 30.3 Å². The highest BCUT2D eigenvalue weighted by Gasteiger charge is 2.49. The predicted octanol–water partition coefficient (Wildman–Crippen LogP) is 2.12. The fourth-order valence-corrected chi connectivity index (χ4v) is 4.07. The van der Waals surface area contributed by atoms with Gasteiger partial charge in [-0.1, -0.05) is 13.0 Å². The minimum Gasteiger partial charge on any atom is -0.376 e. The van der Waals surface area contributed by atoms with E-state index in [1.807, 2.05) is 23.1 Å². The van der Waals surface area contributed by atoms with Gasteiger partial charge in [0.2, 0.25) is 5.91 Å². The van der Waals surface area contributed by atoms with Crippen LogP contribution in [0.4, 0.5) is 0 Å². The van der Waals surface area contributed by atoms with Crippen LogP contribution in [-0.4, -0.2) is 48.2 Å². The number of fused-ring (bicyclic) bond motifs is 1. The Labute approximate surface area is 143 Å². The number of rotatable bonds is 6. The number of carbonyl (C=O) groups is 1. The molecule has 2 aliphatic heterocycles. The highest BCUT2D eigenvalue weighted by atomic mass is 16.5. The second-order valence-electron chi connectivity index (χ2n) is 7.52. The van der Waals surface area contributed by atoms with Gasteiger partial charge in [0.1, 0.15) is 0 Å². The van der Waals surface area contributed by atoms with Crippen LogP contribution < -0.4 is 0 Å². The van der Waals surface area contributed by atoms with Gasteiger partial charge in [-0.3, -0.25) is 9.78 Å². The predicted molar refractivity (Wildman–Crippen MR) is 89.1 cm³/mol. The number of hydrogen-bond acceptors (Lipinski definition) is 4. The Morgan fingerprint density at radius 3 is 3.04 bits per heavy atom. The molecule has 3 fully saturated rings. The Morgan fingerprint density at radius 2 is 2.29 bits per heavy atom. The molecule has 3 heterocycles. The molecule has 0 N–H and O–H groups in total. The van der Waals surface area contributed by atoms with Crippen molar-refractivity contribution in [3.05, 3.63) is 30.1 Å². The van der Waals surface area contributed by atoms with Gasteiger partial charge in [0, 0.05) is 37.7 Å². The van der Waals surface area contributed by atoms with Crippen molar-refractivity contribution in [2.45, 2.75) is 32.5 Å². The molecule has 0 aromatic carbocycles. The third kappa shape index (κ3) is 3.33. The Morgan fingerprint density at radius 1 is 1.42 bits per heavy atom. The molecule has 3 aliphatic rings. The minimum absolute atomic E-state index is 0.240. The van der Waals surface area contributed by atoms with Crippen LogP contribution in [0.15, 0.2) is 24.4 Å². The Bertz CT molecular complexity index is 579. The molecule has 0 bridgehead atoms. The number of likely N-dealkylation sites (tertiary alicyclic amines) is 1. The molecular formula is C19H26N2O3. The van der Waals surface area contributed by atoms with Crippen LogP contribution in [0.3, 0.4) is 0 Å². The van der Waals surface area contributed by atoms with Gasteiger partial charge in [0.25, 0.3) is 0 Å². The first kappa shape index (κ1) is 16.0. The summed E-state index contributed by atoms with van der Waals surface area (Å²) in [4.78, 5) is 18.7. The zero-order valence-corrected chi connectivity index (χ0v) is 14.3. The number of hydrogen-bond donors (Lipinski definition) is 0. The van der Waals surface area contributed by atoms with Gasteiger partial charge < -0.3 is 14.4 Å². The van der Waals surface area contributed by atoms with Crippen LogP contribution >= 0.6 is 0 Å². The maximum absolute atomic E-state index is 12.4. The number of aromatic nitrogens is 1. The van der Waals surface area contributed by atoms with Crippen molar-refractivity contribution in [3.63, 3.8) is 0 Å². The van der Waals surface area contributed by atoms with E-state index in [4.69, 9.17) is 9.47 Å². The Hall–Kier alpha value is -1.46. The van der Waals surface area contributed by atoms with E-state index in [2.05, 4.69) is 11.9 Å². The lowest BCUT2D eigenvalue weighted by Gasteiger charge is -2.20. The van der Waals surface area contributed by atoms with E-state index in [-0.39, 0.29) is 12.0 Å². The largest absolute Gasteiger partial charge is 0.376 e. The topological polar surface area (TPSA) is 51.7 Å². The molecule has 1 aliphatic carbocycles. The average Bonchev–Trinajstić information content (AvgIpc) is 3.02. The van der Waals surface area contributed by atoms with E-state index >= 15 is 0 Å². The number of ether oxygens (including phenoxy) is 2. The van der Waals surface area contributed by atoms with Gasteiger partial charge in [0.05, 0.1) is 25.0 Å². The molecule has 24 heavy (non-hydrogen) atoms. The molecule has 4 rings (SSSR count). The zero-order chi connectivity index (χ0) is 16.5. The van der Waals surface area contributed by atoms with Gasteiger partial charge in [-0.15, -0.1) is 0 Å². The molecule has 5 atom stereocenters. The molecular weight excluding hydrogens is 304 g/mol. The first-order valence-corrected chi connectivity index (χ1v) is 9.10. The molecule has 1 aromatic heterocycles. The van der Waals surface area contributed by atoms with Crippen LogP contribution in [0.25, 0.3) is 0 Å². The van der Waals surface area contributed by atoms with Crippen LogP contribution in [0.1, 0.15) is 25.5 Å². The molecule has 5 nitrogen and oxygen atoms in total. The van der Waals surface area contributed by atoms with Crippen LogP contribution in [0.2, 0.25) is 0 Å². The van der Waals surface area contributed by atoms with Crippen molar-refractivity contribution in [2.75, 3.05) is 26.3 Å². The first-order valence-electron chi connectivity index (χ1n) is 9.10. The summed E-state index contributed by atoms with van der Waals surface area (Å²) < 4.78 is 11.7. The van der Waals surface area contributed by atoms with Crippen LogP contribution in [0.5, 0.6) is 0 Å². The van der Waals surface area contributed by atoms with Gasteiger partial charge in [-0.25, -0.2) is 0 Å². The van der Waals surface area contributed by atoms with Crippen LogP contribution in [-0.2, 0) is 20.9 Å². The SMILES string of the molecule is C[C@H]1C[C@@H]1C(=O)N1C[C@H]2[C@@H](CCOCc3ccccn3)CO[C@H]2C1. The highest BCUT2D eigenvalue weighted by molar-refractivity contribution is 5.82. The summed E-state index contributed by atoms with van der Waals surface area (Å²) in [6, 6.07) is 5.87. The van der Waals surface area contributed by atoms with E-state index in [9.17, 15) is 4.79 Å². The van der Waals surface area contributed by atoms with Crippen molar-refractivity contribution >= 4 is 5.91 Å². The second kappa shape index (κ2) is 6.81. The lowest BCUT2D eigenvalue weighted by molar-refractivity contribution is -0.132. The van der Waals surface area contributed by atoms with Gasteiger partial charge in [-0.05, 0) is 36.8 Å². The number of amides is 1. The number of nitrogens with zero attached hydrogens (tertiary/aromatic N) is 2. The van der Waals surface area contributed by atoms with Crippen molar-refractivity contribution < 1.29 is 14.3 Å². The van der Waals surface area contributed by atoms with E-state index in [1.165, 1.54) is 0 Å². The average molecular weight is 330 g/mol. The molecule has 0 spiro atoms. The Balaban J connectivity index is 1.22. The summed E-state index contributed by atoms with van der Waals surface area (Å²) >= 11 is 0. The molecule has 1 saturated carbocycles. The summed E-state index contributed by atoms with van der Waals surface area (Å²) in [5.74, 6) is 2.21. The summed E-state index contributed by atoms with van der Waals surface area (Å²) in [5.41, 5.74) is 0.967. The minimum atomic E-state index is 0.240. The summed E-state index contributed by atoms with van der Waals surface area (Å²) in [6.07, 6.45) is 4.09. The van der Waals surface area contributed by atoms with Gasteiger partial charge in [0.15, 0.2) is 0 Å². The zero-order valence-electron chi connectivity index (χ0n) is 14.3. The molecule has 5 heteroatoms. The summed E-state index contributed by atoms with van der Waals surface area (Å²) in [7, 11) is 0. The van der Waals surface area contributed by atoms with Gasteiger partial charge >= 0.3 is 0 Å². The van der Waals surface area contributed by atoms with Crippen LogP contribution in [0, 0.1) is 23.7 Å². The smallest absolute Gasteiger partial charge is 0.226 e. The fraction of sp³-hybridized carbons (Fsp3) is 0.684. The second-order valence-corrected chi connectivity index (χ2v) is 7.52. The lowest BCUT2D eigenvalue weighted by Crippen LogP contribution is -2.32. The molecule has 1 amide bonds. The lowest BCUT2D eigenvalue weighted by atomic mass is 9.91. The molecule has 130 valence electrons. The molecule has 0 radical (unpaired) electrons. The molecule has 1 aromatic rings. The van der Waals surface area contributed by atoms with Crippen molar-refractivity contribution in [3.8, 4) is 0 Å². The number of pyridine rings is 1. The number of carbonyl (C=O) groups excluding carboxylic acids is 1. The van der Waals surface area contributed by atoms with E-state index in [1.54, 1.807) is 6.20 Å². The highest BCUT2D eigenvalue weighted by Crippen LogP contribution is 2.42. The quantitative estimate of drug-likeness (QED) is 0.750.